The molecule has 0 spiro atoms. The SMILES string of the molecule is CCCCCCCCCCCCN(CC#CC(F)(F)F)P(=O)(OCC)OCC. The summed E-state index contributed by atoms with van der Waals surface area (Å²) in [5, 5.41) is 0. The predicted molar refractivity (Wildman–Crippen MR) is 108 cm³/mol. The molecule has 0 aliphatic heterocycles. The third-order valence-electron chi connectivity index (χ3n) is 4.19. The zero-order valence-electron chi connectivity index (χ0n) is 17.7. The Balaban J connectivity index is 4.45. The smallest absolute Gasteiger partial charge is 0.297 e. The molecular formula is C20H37F3NO3P. The molecule has 8 heteroatoms. The van der Waals surface area contributed by atoms with Gasteiger partial charge in [0.2, 0.25) is 0 Å². The first-order valence-electron chi connectivity index (χ1n) is 10.5. The van der Waals surface area contributed by atoms with Gasteiger partial charge in [0.05, 0.1) is 19.8 Å². The molecule has 4 nitrogen and oxygen atoms in total. The van der Waals surface area contributed by atoms with Gasteiger partial charge in [-0.25, -0.2) is 4.57 Å². The van der Waals surface area contributed by atoms with Crippen LogP contribution in [0.3, 0.4) is 0 Å². The van der Waals surface area contributed by atoms with Crippen LogP contribution >= 0.6 is 7.75 Å². The number of hydrogen-bond donors (Lipinski definition) is 0. The van der Waals surface area contributed by atoms with E-state index in [-0.39, 0.29) is 19.8 Å². The number of unbranched alkanes of at least 4 members (excludes halogenated alkanes) is 9. The fourth-order valence-corrected chi connectivity index (χ4v) is 4.51. The number of rotatable bonds is 17. The van der Waals surface area contributed by atoms with Crippen molar-refractivity contribution < 1.29 is 26.8 Å². The van der Waals surface area contributed by atoms with Gasteiger partial charge in [-0.15, -0.1) is 0 Å². The van der Waals surface area contributed by atoms with Crippen molar-refractivity contribution in [1.82, 2.24) is 4.67 Å². The molecule has 166 valence electrons. The van der Waals surface area contributed by atoms with Crippen molar-refractivity contribution >= 4 is 7.75 Å². The lowest BCUT2D eigenvalue weighted by molar-refractivity contribution is -0.0697. The van der Waals surface area contributed by atoms with Crippen LogP contribution in [0.25, 0.3) is 0 Å². The van der Waals surface area contributed by atoms with Gasteiger partial charge in [-0.3, -0.25) is 9.05 Å². The minimum absolute atomic E-state index is 0.151. The molecule has 0 rings (SSSR count). The average molecular weight is 427 g/mol. The predicted octanol–water partition coefficient (Wildman–Crippen LogP) is 6.96. The van der Waals surface area contributed by atoms with Gasteiger partial charge >= 0.3 is 13.9 Å². The zero-order valence-corrected chi connectivity index (χ0v) is 18.5. The fourth-order valence-electron chi connectivity index (χ4n) is 2.83. The van der Waals surface area contributed by atoms with Crippen LogP contribution in [0.15, 0.2) is 0 Å². The van der Waals surface area contributed by atoms with Crippen molar-refractivity contribution in [2.45, 2.75) is 91.2 Å². The van der Waals surface area contributed by atoms with Gasteiger partial charge in [0.1, 0.15) is 0 Å². The molecule has 0 radical (unpaired) electrons. The topological polar surface area (TPSA) is 38.8 Å². The Hall–Kier alpha value is -0.540. The molecule has 28 heavy (non-hydrogen) atoms. The van der Waals surface area contributed by atoms with Crippen LogP contribution in [0.5, 0.6) is 0 Å². The Bertz CT molecular complexity index is 479. The van der Waals surface area contributed by atoms with Crippen molar-refractivity contribution in [3.8, 4) is 11.8 Å². The normalized spacial score (nSPS) is 12.2. The Kier molecular flexibility index (Phi) is 16.0. The lowest BCUT2D eigenvalue weighted by Crippen LogP contribution is -2.25. The second kappa shape index (κ2) is 16.3. The number of alkyl halides is 3. The van der Waals surface area contributed by atoms with Crippen LogP contribution in [-0.2, 0) is 13.6 Å². The maximum Gasteiger partial charge on any atom is 0.457 e. The average Bonchev–Trinajstić information content (AvgIpc) is 2.61. The molecule has 0 saturated carbocycles. The van der Waals surface area contributed by atoms with Gasteiger partial charge in [-0.1, -0.05) is 70.6 Å². The van der Waals surface area contributed by atoms with E-state index in [1.807, 2.05) is 0 Å². The maximum atomic E-state index is 12.9. The Morgan fingerprint density at radius 1 is 0.821 bits per heavy atom. The Morgan fingerprint density at radius 2 is 1.29 bits per heavy atom. The minimum Gasteiger partial charge on any atom is -0.297 e. The molecule has 0 fully saturated rings. The molecular weight excluding hydrogens is 390 g/mol. The van der Waals surface area contributed by atoms with E-state index in [9.17, 15) is 17.7 Å². The highest BCUT2D eigenvalue weighted by molar-refractivity contribution is 7.51. The summed E-state index contributed by atoms with van der Waals surface area (Å²) in [5.74, 6) is 3.28. The summed E-state index contributed by atoms with van der Waals surface area (Å²) in [4.78, 5) is 0. The van der Waals surface area contributed by atoms with Crippen LogP contribution in [0.1, 0.15) is 85.0 Å². The summed E-state index contributed by atoms with van der Waals surface area (Å²) in [6.07, 6.45) is 6.87. The van der Waals surface area contributed by atoms with Gasteiger partial charge in [-0.05, 0) is 20.3 Å². The third-order valence-corrected chi connectivity index (χ3v) is 6.40. The Morgan fingerprint density at radius 3 is 1.71 bits per heavy atom. The van der Waals surface area contributed by atoms with Crippen molar-refractivity contribution in [1.29, 1.82) is 0 Å². The van der Waals surface area contributed by atoms with Gasteiger partial charge in [0, 0.05) is 12.5 Å². The summed E-state index contributed by atoms with van der Waals surface area (Å²) >= 11 is 0. The fraction of sp³-hybridized carbons (Fsp3) is 0.900. The highest BCUT2D eigenvalue weighted by atomic mass is 31.2. The van der Waals surface area contributed by atoms with Gasteiger partial charge in [0.15, 0.2) is 0 Å². The van der Waals surface area contributed by atoms with E-state index in [4.69, 9.17) is 9.05 Å². The molecule has 0 aliphatic carbocycles. The van der Waals surface area contributed by atoms with E-state index < -0.39 is 13.9 Å². The van der Waals surface area contributed by atoms with Crippen molar-refractivity contribution in [2.75, 3.05) is 26.3 Å². The number of nitrogens with zero attached hydrogens (tertiary/aromatic N) is 1. The first-order chi connectivity index (χ1) is 13.3. The highest BCUT2D eigenvalue weighted by Crippen LogP contribution is 2.51. The van der Waals surface area contributed by atoms with E-state index in [0.717, 1.165) is 19.3 Å². The van der Waals surface area contributed by atoms with Crippen LogP contribution in [-0.4, -0.2) is 37.1 Å². The molecule has 0 aromatic rings. The van der Waals surface area contributed by atoms with E-state index in [1.54, 1.807) is 13.8 Å². The Labute approximate surface area is 169 Å². The maximum absolute atomic E-state index is 12.9. The first-order valence-corrected chi connectivity index (χ1v) is 12.0. The van der Waals surface area contributed by atoms with Crippen LogP contribution in [0.2, 0.25) is 0 Å². The lowest BCUT2D eigenvalue weighted by atomic mass is 10.1. The number of halogens is 3. The zero-order chi connectivity index (χ0) is 21.3. The molecule has 0 unspecified atom stereocenters. The highest BCUT2D eigenvalue weighted by Gasteiger charge is 2.32. The molecule has 0 saturated heterocycles. The van der Waals surface area contributed by atoms with Crippen LogP contribution < -0.4 is 0 Å². The van der Waals surface area contributed by atoms with Crippen molar-refractivity contribution in [3.63, 3.8) is 0 Å². The quantitative estimate of drug-likeness (QED) is 0.143. The van der Waals surface area contributed by atoms with E-state index in [0.29, 0.717) is 13.0 Å². The molecule has 0 aliphatic rings. The first kappa shape index (κ1) is 27.5. The third kappa shape index (κ3) is 14.5. The van der Waals surface area contributed by atoms with Gasteiger partial charge in [0.25, 0.3) is 0 Å². The molecule has 0 aromatic carbocycles. The standard InChI is InChI=1S/C20H37F3NO3P/c1-4-7-8-9-10-11-12-13-14-15-18-24(19-16-17-20(21,22)23)28(25,26-5-2)27-6-3/h4-15,18-19H2,1-3H3. The summed E-state index contributed by atoms with van der Waals surface area (Å²) in [7, 11) is -3.63. The summed E-state index contributed by atoms with van der Waals surface area (Å²) in [5.41, 5.74) is 0. The molecule has 0 bridgehead atoms. The largest absolute Gasteiger partial charge is 0.457 e. The summed E-state index contributed by atoms with van der Waals surface area (Å²) in [6, 6.07) is 0. The van der Waals surface area contributed by atoms with Gasteiger partial charge < -0.3 is 0 Å². The van der Waals surface area contributed by atoms with E-state index in [1.165, 1.54) is 49.1 Å². The lowest BCUT2D eigenvalue weighted by Gasteiger charge is -2.28. The van der Waals surface area contributed by atoms with Crippen LogP contribution in [0.4, 0.5) is 13.2 Å². The second-order valence-corrected chi connectivity index (χ2v) is 8.69. The molecule has 0 amide bonds. The van der Waals surface area contributed by atoms with Crippen LogP contribution in [0, 0.1) is 11.8 Å². The minimum atomic E-state index is -4.57. The number of hydrogen-bond acceptors (Lipinski definition) is 3. The molecule has 0 heterocycles. The summed E-state index contributed by atoms with van der Waals surface area (Å²) < 4.78 is 61.6. The summed E-state index contributed by atoms with van der Waals surface area (Å²) in [6.45, 7) is 5.89. The van der Waals surface area contributed by atoms with E-state index >= 15 is 0 Å². The molecule has 0 aromatic heterocycles. The molecule has 0 N–H and O–H groups in total. The van der Waals surface area contributed by atoms with Crippen molar-refractivity contribution in [3.05, 3.63) is 0 Å². The van der Waals surface area contributed by atoms with E-state index in [2.05, 4.69) is 12.8 Å². The molecule has 0 atom stereocenters. The monoisotopic (exact) mass is 427 g/mol. The van der Waals surface area contributed by atoms with Crippen molar-refractivity contribution in [2.24, 2.45) is 0 Å². The van der Waals surface area contributed by atoms with Gasteiger partial charge in [-0.2, -0.15) is 17.8 Å². The second-order valence-electron chi connectivity index (χ2n) is 6.67.